The number of hydrogen-bond acceptors (Lipinski definition) is 5. The van der Waals surface area contributed by atoms with Crippen LogP contribution in [-0.4, -0.2) is 54.7 Å². The first-order valence-electron chi connectivity index (χ1n) is 8.61. The molecule has 0 bridgehead atoms. The minimum Gasteiger partial charge on any atom is -0.481 e. The van der Waals surface area contributed by atoms with E-state index in [9.17, 15) is 0 Å². The van der Waals surface area contributed by atoms with Crippen LogP contribution >= 0.6 is 0 Å². The molecule has 2 heterocycles. The molecule has 3 rings (SSSR count). The zero-order chi connectivity index (χ0) is 16.8. The molecule has 5 heteroatoms. The van der Waals surface area contributed by atoms with Gasteiger partial charge in [-0.1, -0.05) is 30.3 Å². The highest BCUT2D eigenvalue weighted by atomic mass is 16.5. The van der Waals surface area contributed by atoms with Gasteiger partial charge in [0.2, 0.25) is 5.88 Å². The summed E-state index contributed by atoms with van der Waals surface area (Å²) in [4.78, 5) is 13.3. The van der Waals surface area contributed by atoms with Crippen LogP contribution in [0, 0.1) is 0 Å². The van der Waals surface area contributed by atoms with Gasteiger partial charge >= 0.3 is 0 Å². The minimum atomic E-state index is 0.559. The first-order valence-corrected chi connectivity index (χ1v) is 8.61. The number of likely N-dealkylation sites (N-methyl/N-ethyl adjacent to an activating group) is 1. The third kappa shape index (κ3) is 4.23. The van der Waals surface area contributed by atoms with Crippen LogP contribution < -0.4 is 9.64 Å². The van der Waals surface area contributed by atoms with Gasteiger partial charge in [0, 0.05) is 31.7 Å². The van der Waals surface area contributed by atoms with Gasteiger partial charge < -0.3 is 14.5 Å². The highest BCUT2D eigenvalue weighted by Gasteiger charge is 2.24. The molecule has 5 nitrogen and oxygen atoms in total. The van der Waals surface area contributed by atoms with Crippen LogP contribution in [0.2, 0.25) is 0 Å². The minimum absolute atomic E-state index is 0.559. The Balaban J connectivity index is 1.58. The molecule has 1 saturated heterocycles. The van der Waals surface area contributed by atoms with Crippen LogP contribution in [0.1, 0.15) is 18.4 Å². The Hall–Kier alpha value is -2.14. The predicted molar refractivity (Wildman–Crippen MR) is 96.6 cm³/mol. The molecule has 0 saturated carbocycles. The molecule has 1 aromatic heterocycles. The third-order valence-corrected chi connectivity index (χ3v) is 4.78. The molecule has 128 valence electrons. The lowest BCUT2D eigenvalue weighted by molar-refractivity contribution is 0.217. The molecule has 0 unspecified atom stereocenters. The van der Waals surface area contributed by atoms with E-state index in [1.807, 2.05) is 6.07 Å². The normalized spacial score (nSPS) is 18.0. The molecule has 24 heavy (non-hydrogen) atoms. The summed E-state index contributed by atoms with van der Waals surface area (Å²) in [6.45, 7) is 3.13. The number of ether oxygens (including phenoxy) is 1. The van der Waals surface area contributed by atoms with E-state index < -0.39 is 0 Å². The van der Waals surface area contributed by atoms with Gasteiger partial charge in [-0.15, -0.1) is 0 Å². The summed E-state index contributed by atoms with van der Waals surface area (Å²) in [5.41, 5.74) is 1.40. The fourth-order valence-corrected chi connectivity index (χ4v) is 3.27. The molecular weight excluding hydrogens is 300 g/mol. The van der Waals surface area contributed by atoms with E-state index in [2.05, 4.69) is 57.1 Å². The molecule has 1 aliphatic rings. The molecule has 1 aromatic carbocycles. The predicted octanol–water partition coefficient (Wildman–Crippen LogP) is 2.63. The molecule has 2 aromatic rings. The number of piperidine rings is 1. The van der Waals surface area contributed by atoms with E-state index in [0.29, 0.717) is 11.9 Å². The van der Waals surface area contributed by atoms with Crippen LogP contribution in [0.3, 0.4) is 0 Å². The number of anilines is 1. The average Bonchev–Trinajstić information content (AvgIpc) is 2.67. The maximum Gasteiger partial charge on any atom is 0.218 e. The van der Waals surface area contributed by atoms with E-state index in [1.54, 1.807) is 13.4 Å². The first kappa shape index (κ1) is 16.7. The van der Waals surface area contributed by atoms with Gasteiger partial charge in [-0.05, 0) is 31.9 Å². The molecule has 0 aliphatic carbocycles. The fourth-order valence-electron chi connectivity index (χ4n) is 3.27. The van der Waals surface area contributed by atoms with Crippen LogP contribution in [0.25, 0.3) is 0 Å². The van der Waals surface area contributed by atoms with Gasteiger partial charge in [-0.25, -0.2) is 9.97 Å². The number of methoxy groups -OCH3 is 1. The molecule has 1 aliphatic heterocycles. The Morgan fingerprint density at radius 3 is 2.88 bits per heavy atom. The van der Waals surface area contributed by atoms with Crippen LogP contribution in [-0.2, 0) is 6.42 Å². The van der Waals surface area contributed by atoms with Gasteiger partial charge in [0.15, 0.2) is 0 Å². The lowest BCUT2D eigenvalue weighted by Crippen LogP contribution is -2.47. The second-order valence-corrected chi connectivity index (χ2v) is 6.38. The van der Waals surface area contributed by atoms with Gasteiger partial charge in [0.05, 0.1) is 7.11 Å². The summed E-state index contributed by atoms with van der Waals surface area (Å²) in [5.74, 6) is 1.59. The summed E-state index contributed by atoms with van der Waals surface area (Å²) in [6.07, 6.45) is 5.10. The molecule has 1 fully saturated rings. The quantitative estimate of drug-likeness (QED) is 0.816. The number of nitrogens with zero attached hydrogens (tertiary/aromatic N) is 4. The van der Waals surface area contributed by atoms with E-state index in [4.69, 9.17) is 4.74 Å². The summed E-state index contributed by atoms with van der Waals surface area (Å²) in [7, 11) is 3.88. The van der Waals surface area contributed by atoms with E-state index in [-0.39, 0.29) is 0 Å². The maximum atomic E-state index is 5.22. The molecule has 0 N–H and O–H groups in total. The zero-order valence-electron chi connectivity index (χ0n) is 14.6. The van der Waals surface area contributed by atoms with Gasteiger partial charge in [-0.3, -0.25) is 0 Å². The molecule has 0 spiro atoms. The number of benzene rings is 1. The van der Waals surface area contributed by atoms with Crippen LogP contribution in [0.15, 0.2) is 42.7 Å². The van der Waals surface area contributed by atoms with Crippen molar-refractivity contribution >= 4 is 5.82 Å². The van der Waals surface area contributed by atoms with E-state index in [1.165, 1.54) is 18.4 Å². The SMILES string of the molecule is COc1cc(N2CCC[C@@H](N(C)CCc3ccccc3)C2)ncn1. The van der Waals surface area contributed by atoms with Crippen molar-refractivity contribution in [2.45, 2.75) is 25.3 Å². The van der Waals surface area contributed by atoms with Crippen molar-refractivity contribution in [3.8, 4) is 5.88 Å². The number of hydrogen-bond donors (Lipinski definition) is 0. The monoisotopic (exact) mass is 326 g/mol. The Morgan fingerprint density at radius 1 is 1.25 bits per heavy atom. The van der Waals surface area contributed by atoms with Crippen molar-refractivity contribution in [1.29, 1.82) is 0 Å². The Labute approximate surface area is 144 Å². The molecule has 0 radical (unpaired) electrons. The molecular formula is C19H26N4O. The third-order valence-electron chi connectivity index (χ3n) is 4.78. The van der Waals surface area contributed by atoms with Crippen molar-refractivity contribution in [1.82, 2.24) is 14.9 Å². The van der Waals surface area contributed by atoms with E-state index >= 15 is 0 Å². The van der Waals surface area contributed by atoms with Gasteiger partial charge in [0.25, 0.3) is 0 Å². The second kappa shape index (κ2) is 8.11. The van der Waals surface area contributed by atoms with E-state index in [0.717, 1.165) is 31.9 Å². The number of rotatable bonds is 6. The Kier molecular flexibility index (Phi) is 5.64. The Morgan fingerprint density at radius 2 is 2.08 bits per heavy atom. The van der Waals surface area contributed by atoms with Crippen molar-refractivity contribution in [2.75, 3.05) is 38.7 Å². The van der Waals surface area contributed by atoms with Crippen molar-refractivity contribution in [2.24, 2.45) is 0 Å². The summed E-state index contributed by atoms with van der Waals surface area (Å²) >= 11 is 0. The van der Waals surface area contributed by atoms with Crippen molar-refractivity contribution in [3.63, 3.8) is 0 Å². The highest BCUT2D eigenvalue weighted by Crippen LogP contribution is 2.22. The first-order chi connectivity index (χ1) is 11.8. The maximum absolute atomic E-state index is 5.22. The fraction of sp³-hybridized carbons (Fsp3) is 0.474. The summed E-state index contributed by atoms with van der Waals surface area (Å²) < 4.78 is 5.22. The van der Waals surface area contributed by atoms with Crippen molar-refractivity contribution < 1.29 is 4.74 Å². The summed E-state index contributed by atoms with van der Waals surface area (Å²) in [5, 5.41) is 0. The standard InChI is InChI=1S/C19H26N4O/c1-22(12-10-16-7-4-3-5-8-16)17-9-6-11-23(14-17)18-13-19(24-2)21-15-20-18/h3-5,7-8,13,15,17H,6,9-12,14H2,1-2H3/t17-/m1/s1. The second-order valence-electron chi connectivity index (χ2n) is 6.38. The lowest BCUT2D eigenvalue weighted by atomic mass is 10.0. The largest absolute Gasteiger partial charge is 0.481 e. The van der Waals surface area contributed by atoms with Crippen LogP contribution in [0.4, 0.5) is 5.82 Å². The van der Waals surface area contributed by atoms with Gasteiger partial charge in [0.1, 0.15) is 12.1 Å². The average molecular weight is 326 g/mol. The van der Waals surface area contributed by atoms with Crippen molar-refractivity contribution in [3.05, 3.63) is 48.3 Å². The number of aromatic nitrogens is 2. The summed E-state index contributed by atoms with van der Waals surface area (Å²) in [6, 6.07) is 13.2. The van der Waals surface area contributed by atoms with Gasteiger partial charge in [-0.2, -0.15) is 0 Å². The smallest absolute Gasteiger partial charge is 0.218 e. The highest BCUT2D eigenvalue weighted by molar-refractivity contribution is 5.41. The lowest BCUT2D eigenvalue weighted by Gasteiger charge is -2.38. The zero-order valence-corrected chi connectivity index (χ0v) is 14.6. The molecule has 0 amide bonds. The molecule has 1 atom stereocenters. The topological polar surface area (TPSA) is 41.5 Å². The Bertz CT molecular complexity index is 634. The van der Waals surface area contributed by atoms with Crippen LogP contribution in [0.5, 0.6) is 5.88 Å².